The van der Waals surface area contributed by atoms with Crippen molar-refractivity contribution in [2.45, 2.75) is 0 Å². The topological polar surface area (TPSA) is 102 Å². The van der Waals surface area contributed by atoms with Gasteiger partial charge < -0.3 is 15.2 Å². The number of imidazole rings is 1. The largest absolute Gasteiger partial charge is 0.477 e. The molecule has 0 radical (unpaired) electrons. The Morgan fingerprint density at radius 2 is 1.97 bits per heavy atom. The Morgan fingerprint density at radius 3 is 2.72 bits per heavy atom. The highest BCUT2D eigenvalue weighted by atomic mass is 19.1. The molecule has 4 aromatic rings. The molecule has 3 heterocycles. The van der Waals surface area contributed by atoms with E-state index >= 15 is 0 Å². The van der Waals surface area contributed by atoms with Crippen LogP contribution < -0.4 is 10.1 Å². The predicted molar refractivity (Wildman–Crippen MR) is 99.4 cm³/mol. The molecule has 0 fully saturated rings. The third kappa shape index (κ3) is 3.68. The summed E-state index contributed by atoms with van der Waals surface area (Å²) in [6, 6.07) is 9.19. The predicted octanol–water partition coefficient (Wildman–Crippen LogP) is 3.88. The van der Waals surface area contributed by atoms with Crippen molar-refractivity contribution in [3.05, 3.63) is 66.0 Å². The van der Waals surface area contributed by atoms with E-state index in [4.69, 9.17) is 9.84 Å². The van der Waals surface area contributed by atoms with Crippen LogP contribution in [0.3, 0.4) is 0 Å². The Labute approximate surface area is 162 Å². The van der Waals surface area contributed by atoms with Crippen LogP contribution in [0.5, 0.6) is 11.6 Å². The number of carbonyl (C=O) groups is 1. The van der Waals surface area contributed by atoms with Gasteiger partial charge in [0, 0.05) is 31.4 Å². The number of aromatic nitrogens is 4. The molecule has 0 saturated heterocycles. The van der Waals surface area contributed by atoms with E-state index in [1.165, 1.54) is 24.4 Å². The number of nitrogens with one attached hydrogen (secondary N) is 1. The summed E-state index contributed by atoms with van der Waals surface area (Å²) >= 11 is 0. The number of halogens is 2. The molecule has 0 aliphatic heterocycles. The summed E-state index contributed by atoms with van der Waals surface area (Å²) in [4.78, 5) is 23.4. The fraction of sp³-hybridized carbons (Fsp3) is 0.0526. The van der Waals surface area contributed by atoms with E-state index in [9.17, 15) is 13.6 Å². The third-order valence-corrected chi connectivity index (χ3v) is 4.04. The van der Waals surface area contributed by atoms with E-state index in [0.29, 0.717) is 17.1 Å². The standard InChI is InChI=1S/C19H13F2N5O3/c1-26-17-14(24-19(26)23-13-3-2-10(20)8-12(13)21)4-5-16(25-17)29-11-6-7-22-15(9-11)18(27)28/h2-9H,1H3,(H,23,24)(H,27,28). The van der Waals surface area contributed by atoms with Gasteiger partial charge in [-0.15, -0.1) is 0 Å². The second kappa shape index (κ2) is 7.15. The van der Waals surface area contributed by atoms with Gasteiger partial charge in [0.15, 0.2) is 11.3 Å². The normalized spacial score (nSPS) is 10.9. The molecule has 2 N–H and O–H groups in total. The van der Waals surface area contributed by atoms with Crippen LogP contribution in [-0.2, 0) is 7.05 Å². The van der Waals surface area contributed by atoms with Crippen molar-refractivity contribution in [2.24, 2.45) is 7.05 Å². The van der Waals surface area contributed by atoms with Gasteiger partial charge in [0.05, 0.1) is 5.69 Å². The fourth-order valence-electron chi connectivity index (χ4n) is 2.64. The average Bonchev–Trinajstić information content (AvgIpc) is 2.99. The highest BCUT2D eigenvalue weighted by Crippen LogP contribution is 2.26. The number of carboxylic acid groups (broad SMARTS) is 1. The Balaban J connectivity index is 1.63. The molecule has 0 spiro atoms. The van der Waals surface area contributed by atoms with Gasteiger partial charge in [-0.3, -0.25) is 4.57 Å². The van der Waals surface area contributed by atoms with Crippen molar-refractivity contribution in [3.8, 4) is 11.6 Å². The van der Waals surface area contributed by atoms with Gasteiger partial charge >= 0.3 is 5.97 Å². The molecule has 0 amide bonds. The van der Waals surface area contributed by atoms with Crippen molar-refractivity contribution >= 4 is 28.8 Å². The molecule has 10 heteroatoms. The van der Waals surface area contributed by atoms with Crippen LogP contribution in [0.1, 0.15) is 10.5 Å². The smallest absolute Gasteiger partial charge is 0.354 e. The molecule has 0 bridgehead atoms. The minimum atomic E-state index is -1.17. The first kappa shape index (κ1) is 18.3. The number of fused-ring (bicyclic) bond motifs is 1. The van der Waals surface area contributed by atoms with Gasteiger partial charge in [0.25, 0.3) is 0 Å². The van der Waals surface area contributed by atoms with Crippen molar-refractivity contribution in [1.82, 2.24) is 19.5 Å². The minimum Gasteiger partial charge on any atom is -0.477 e. The summed E-state index contributed by atoms with van der Waals surface area (Å²) in [5.74, 6) is -1.83. The summed E-state index contributed by atoms with van der Waals surface area (Å²) in [6.45, 7) is 0. The van der Waals surface area contributed by atoms with Crippen LogP contribution in [-0.4, -0.2) is 30.6 Å². The number of aryl methyl sites for hydroxylation is 1. The second-order valence-electron chi connectivity index (χ2n) is 6.02. The van der Waals surface area contributed by atoms with E-state index in [1.807, 2.05) is 0 Å². The lowest BCUT2D eigenvalue weighted by Gasteiger charge is -2.07. The minimum absolute atomic E-state index is 0.0688. The maximum Gasteiger partial charge on any atom is 0.354 e. The molecule has 4 rings (SSSR count). The zero-order valence-corrected chi connectivity index (χ0v) is 14.9. The van der Waals surface area contributed by atoms with Crippen LogP contribution >= 0.6 is 0 Å². The van der Waals surface area contributed by atoms with Crippen LogP contribution in [0.15, 0.2) is 48.7 Å². The number of nitrogens with zero attached hydrogens (tertiary/aromatic N) is 4. The number of benzene rings is 1. The monoisotopic (exact) mass is 397 g/mol. The summed E-state index contributed by atoms with van der Waals surface area (Å²) < 4.78 is 34.2. The van der Waals surface area contributed by atoms with Gasteiger partial charge in [-0.2, -0.15) is 4.98 Å². The quantitative estimate of drug-likeness (QED) is 0.527. The number of aromatic carboxylic acids is 1. The highest BCUT2D eigenvalue weighted by Gasteiger charge is 2.13. The lowest BCUT2D eigenvalue weighted by atomic mass is 10.3. The maximum atomic E-state index is 13.9. The van der Waals surface area contributed by atoms with E-state index in [1.54, 1.807) is 23.7 Å². The van der Waals surface area contributed by atoms with Crippen LogP contribution in [0.2, 0.25) is 0 Å². The molecule has 0 aliphatic rings. The maximum absolute atomic E-state index is 13.9. The number of ether oxygens (including phenoxy) is 1. The molecule has 0 saturated carbocycles. The van der Waals surface area contributed by atoms with Crippen molar-refractivity contribution in [2.75, 3.05) is 5.32 Å². The van der Waals surface area contributed by atoms with Gasteiger partial charge in [-0.1, -0.05) is 0 Å². The van der Waals surface area contributed by atoms with E-state index < -0.39 is 17.6 Å². The van der Waals surface area contributed by atoms with Crippen LogP contribution in [0.4, 0.5) is 20.4 Å². The Morgan fingerprint density at radius 1 is 1.14 bits per heavy atom. The number of hydrogen-bond donors (Lipinski definition) is 2. The van der Waals surface area contributed by atoms with E-state index in [2.05, 4.69) is 20.3 Å². The van der Waals surface area contributed by atoms with Crippen LogP contribution in [0, 0.1) is 11.6 Å². The number of carboxylic acids is 1. The molecule has 1 aromatic carbocycles. The van der Waals surface area contributed by atoms with Crippen molar-refractivity contribution < 1.29 is 23.4 Å². The molecule has 146 valence electrons. The van der Waals surface area contributed by atoms with Crippen molar-refractivity contribution in [3.63, 3.8) is 0 Å². The first-order valence-electron chi connectivity index (χ1n) is 8.33. The van der Waals surface area contributed by atoms with Crippen molar-refractivity contribution in [1.29, 1.82) is 0 Å². The Kier molecular flexibility index (Phi) is 4.51. The molecular formula is C19H13F2N5O3. The molecule has 8 nitrogen and oxygen atoms in total. The fourth-order valence-corrected chi connectivity index (χ4v) is 2.64. The molecule has 29 heavy (non-hydrogen) atoms. The lowest BCUT2D eigenvalue weighted by molar-refractivity contribution is 0.0690. The first-order chi connectivity index (χ1) is 13.9. The summed E-state index contributed by atoms with van der Waals surface area (Å²) in [5.41, 5.74) is 0.877. The zero-order valence-electron chi connectivity index (χ0n) is 14.9. The van der Waals surface area contributed by atoms with Gasteiger partial charge in [0.1, 0.15) is 22.9 Å². The van der Waals surface area contributed by atoms with E-state index in [-0.39, 0.29) is 23.0 Å². The number of anilines is 2. The number of hydrogen-bond acceptors (Lipinski definition) is 6. The summed E-state index contributed by atoms with van der Waals surface area (Å²) in [7, 11) is 1.67. The molecular weight excluding hydrogens is 384 g/mol. The van der Waals surface area contributed by atoms with Crippen LogP contribution in [0.25, 0.3) is 11.2 Å². The Hall–Kier alpha value is -4.08. The summed E-state index contributed by atoms with van der Waals surface area (Å²) in [5, 5.41) is 11.8. The number of pyridine rings is 2. The summed E-state index contributed by atoms with van der Waals surface area (Å²) in [6.07, 6.45) is 1.32. The number of rotatable bonds is 5. The average molecular weight is 397 g/mol. The van der Waals surface area contributed by atoms with E-state index in [0.717, 1.165) is 12.1 Å². The van der Waals surface area contributed by atoms with Gasteiger partial charge in [-0.05, 0) is 24.3 Å². The zero-order chi connectivity index (χ0) is 20.5. The third-order valence-electron chi connectivity index (χ3n) is 4.04. The first-order valence-corrected chi connectivity index (χ1v) is 8.33. The molecule has 3 aromatic heterocycles. The molecule has 0 aliphatic carbocycles. The van der Waals surface area contributed by atoms with Gasteiger partial charge in [0.2, 0.25) is 11.8 Å². The highest BCUT2D eigenvalue weighted by molar-refractivity contribution is 5.85. The SMILES string of the molecule is Cn1c(Nc2ccc(F)cc2F)nc2ccc(Oc3ccnc(C(=O)O)c3)nc21. The second-order valence-corrected chi connectivity index (χ2v) is 6.02. The van der Waals surface area contributed by atoms with Gasteiger partial charge in [-0.25, -0.2) is 23.5 Å². The lowest BCUT2D eigenvalue weighted by Crippen LogP contribution is -2.02. The molecule has 0 unspecified atom stereocenters. The Bertz CT molecular complexity index is 1240. The molecule has 0 atom stereocenters.